The predicted octanol–water partition coefficient (Wildman–Crippen LogP) is 4.90. The van der Waals surface area contributed by atoms with Crippen LogP contribution in [0, 0.1) is 17.3 Å². The summed E-state index contributed by atoms with van der Waals surface area (Å²) in [7, 11) is 5.04. The molecule has 0 fully saturated rings. The van der Waals surface area contributed by atoms with Gasteiger partial charge in [0.15, 0.2) is 0 Å². The zero-order valence-electron chi connectivity index (χ0n) is 25.5. The van der Waals surface area contributed by atoms with Gasteiger partial charge in [-0.15, -0.1) is 0 Å². The topological polar surface area (TPSA) is 128 Å². The molecular weight excluding hydrogens is 544 g/mol. The number of nitrogens with zero attached hydrogens (tertiary/aromatic N) is 3. The highest BCUT2D eigenvalue weighted by Crippen LogP contribution is 2.32. The van der Waals surface area contributed by atoms with Crippen molar-refractivity contribution in [2.24, 2.45) is 0 Å². The van der Waals surface area contributed by atoms with Gasteiger partial charge in [0.05, 0.1) is 12.1 Å². The number of anilines is 3. The van der Waals surface area contributed by atoms with Crippen LogP contribution in [-0.4, -0.2) is 66.8 Å². The molecule has 0 spiro atoms. The van der Waals surface area contributed by atoms with Gasteiger partial charge in [-0.2, -0.15) is 0 Å². The Bertz CT molecular complexity index is 1660. The van der Waals surface area contributed by atoms with Gasteiger partial charge in [-0.05, 0) is 75.1 Å². The van der Waals surface area contributed by atoms with Crippen LogP contribution >= 0.6 is 0 Å². The average molecular weight is 581 g/mol. The first-order valence-corrected chi connectivity index (χ1v) is 13.8. The fourth-order valence-corrected chi connectivity index (χ4v) is 4.61. The number of amides is 3. The third kappa shape index (κ3) is 7.01. The van der Waals surface area contributed by atoms with Crippen molar-refractivity contribution in [2.75, 3.05) is 36.7 Å². The molecule has 0 saturated carbocycles. The van der Waals surface area contributed by atoms with E-state index in [1.54, 1.807) is 52.8 Å². The second-order valence-electron chi connectivity index (χ2n) is 11.3. The minimum atomic E-state index is -0.851. The van der Waals surface area contributed by atoms with E-state index in [0.29, 0.717) is 17.7 Å². The van der Waals surface area contributed by atoms with Crippen LogP contribution < -0.4 is 15.5 Å². The van der Waals surface area contributed by atoms with E-state index >= 15 is 0 Å². The van der Waals surface area contributed by atoms with Gasteiger partial charge in [-0.25, -0.2) is 9.78 Å². The van der Waals surface area contributed by atoms with Crippen LogP contribution in [-0.2, 0) is 20.7 Å². The Hall–Kier alpha value is -5.17. The van der Waals surface area contributed by atoms with E-state index in [0.717, 1.165) is 33.6 Å². The van der Waals surface area contributed by atoms with Gasteiger partial charge in [-0.1, -0.05) is 24.1 Å². The van der Waals surface area contributed by atoms with E-state index in [-0.39, 0.29) is 11.7 Å². The van der Waals surface area contributed by atoms with Crippen LogP contribution in [0.4, 0.5) is 22.0 Å². The molecule has 43 heavy (non-hydrogen) atoms. The first kappa shape index (κ1) is 30.8. The van der Waals surface area contributed by atoms with Gasteiger partial charge in [-0.3, -0.25) is 14.5 Å². The predicted molar refractivity (Wildman–Crippen MR) is 169 cm³/mol. The SMILES string of the molecule is CNc1c(C=N)cccc1-c1cc(C#Cc2ccc3c(c2)CC(=O)N3C)nc(NC(=O)C(C)N(C)C(=O)OC(C)(C)C)c1. The van der Waals surface area contributed by atoms with Crippen LogP contribution in [0.5, 0.6) is 0 Å². The highest BCUT2D eigenvalue weighted by Gasteiger charge is 2.27. The Morgan fingerprint density at radius 3 is 2.58 bits per heavy atom. The molecule has 222 valence electrons. The lowest BCUT2D eigenvalue weighted by Gasteiger charge is -2.28. The van der Waals surface area contributed by atoms with Crippen molar-refractivity contribution in [1.82, 2.24) is 9.88 Å². The van der Waals surface area contributed by atoms with Gasteiger partial charge in [0.25, 0.3) is 0 Å². The van der Waals surface area contributed by atoms with E-state index in [1.165, 1.54) is 18.2 Å². The van der Waals surface area contributed by atoms with E-state index in [9.17, 15) is 14.4 Å². The molecule has 1 aliphatic heterocycles. The fraction of sp³-hybridized carbons (Fsp3) is 0.303. The minimum Gasteiger partial charge on any atom is -0.444 e. The van der Waals surface area contributed by atoms with Crippen molar-refractivity contribution in [3.63, 3.8) is 0 Å². The lowest BCUT2D eigenvalue weighted by molar-refractivity contribution is -0.120. The Labute approximate surface area is 252 Å². The summed E-state index contributed by atoms with van der Waals surface area (Å²) in [6.45, 7) is 6.88. The number of benzene rings is 2. The molecule has 3 aromatic rings. The summed E-state index contributed by atoms with van der Waals surface area (Å²) in [6.07, 6.45) is 0.981. The quantitative estimate of drug-likeness (QED) is 0.281. The second kappa shape index (κ2) is 12.4. The van der Waals surface area contributed by atoms with E-state index in [4.69, 9.17) is 10.1 Å². The lowest BCUT2D eigenvalue weighted by Crippen LogP contribution is -2.45. The zero-order valence-corrected chi connectivity index (χ0v) is 25.5. The van der Waals surface area contributed by atoms with Crippen molar-refractivity contribution >= 4 is 41.3 Å². The Morgan fingerprint density at radius 2 is 1.91 bits per heavy atom. The monoisotopic (exact) mass is 580 g/mol. The summed E-state index contributed by atoms with van der Waals surface area (Å²) in [5, 5.41) is 13.8. The molecule has 3 amide bonds. The molecule has 3 N–H and O–H groups in total. The molecule has 10 heteroatoms. The summed E-state index contributed by atoms with van der Waals surface area (Å²) in [5.41, 5.74) is 5.16. The van der Waals surface area contributed by atoms with Gasteiger partial charge in [0.2, 0.25) is 11.8 Å². The molecule has 1 aromatic heterocycles. The molecule has 10 nitrogen and oxygen atoms in total. The summed E-state index contributed by atoms with van der Waals surface area (Å²) >= 11 is 0. The summed E-state index contributed by atoms with van der Waals surface area (Å²) < 4.78 is 5.40. The van der Waals surface area contributed by atoms with Crippen molar-refractivity contribution < 1.29 is 19.1 Å². The molecule has 0 radical (unpaired) electrons. The van der Waals surface area contributed by atoms with E-state index in [2.05, 4.69) is 27.5 Å². The molecule has 2 heterocycles. The Morgan fingerprint density at radius 1 is 1.16 bits per heavy atom. The third-order valence-corrected chi connectivity index (χ3v) is 7.02. The Kier molecular flexibility index (Phi) is 8.85. The first-order valence-electron chi connectivity index (χ1n) is 13.8. The van der Waals surface area contributed by atoms with Crippen molar-refractivity contribution in [2.45, 2.75) is 45.8 Å². The number of para-hydroxylation sites is 1. The van der Waals surface area contributed by atoms with Crippen LogP contribution in [0.25, 0.3) is 11.1 Å². The molecule has 1 unspecified atom stereocenters. The van der Waals surface area contributed by atoms with E-state index < -0.39 is 23.6 Å². The molecule has 0 aliphatic carbocycles. The molecule has 1 aliphatic rings. The number of pyridine rings is 1. The number of fused-ring (bicyclic) bond motifs is 1. The summed E-state index contributed by atoms with van der Waals surface area (Å²) in [6, 6.07) is 13.9. The number of carbonyl (C=O) groups excluding carboxylic acids is 3. The maximum atomic E-state index is 13.2. The molecule has 2 aromatic carbocycles. The lowest BCUT2D eigenvalue weighted by atomic mass is 10.00. The molecule has 4 rings (SSSR count). The molecular formula is C33H36N6O4. The van der Waals surface area contributed by atoms with Crippen molar-refractivity contribution in [3.8, 4) is 23.0 Å². The largest absolute Gasteiger partial charge is 0.444 e. The molecule has 0 saturated heterocycles. The summed E-state index contributed by atoms with van der Waals surface area (Å²) in [5.74, 6) is 6.07. The number of rotatable bonds is 6. The van der Waals surface area contributed by atoms with Crippen LogP contribution in [0.1, 0.15) is 50.1 Å². The maximum Gasteiger partial charge on any atom is 0.410 e. The zero-order chi connectivity index (χ0) is 31.5. The molecule has 0 bridgehead atoms. The second-order valence-corrected chi connectivity index (χ2v) is 11.3. The van der Waals surface area contributed by atoms with Gasteiger partial charge in [0.1, 0.15) is 23.2 Å². The highest BCUT2D eigenvalue weighted by atomic mass is 16.6. The number of hydrogen-bond acceptors (Lipinski definition) is 7. The summed E-state index contributed by atoms with van der Waals surface area (Å²) in [4.78, 5) is 45.3. The number of aromatic nitrogens is 1. The third-order valence-electron chi connectivity index (χ3n) is 7.02. The smallest absolute Gasteiger partial charge is 0.410 e. The highest BCUT2D eigenvalue weighted by molar-refractivity contribution is 6.01. The molecule has 1 atom stereocenters. The average Bonchev–Trinajstić information content (AvgIpc) is 3.25. The van der Waals surface area contributed by atoms with Crippen LogP contribution in [0.15, 0.2) is 48.5 Å². The number of ether oxygens (including phenoxy) is 1. The maximum absolute atomic E-state index is 13.2. The number of nitrogens with one attached hydrogen (secondary N) is 3. The van der Waals surface area contributed by atoms with E-state index in [1.807, 2.05) is 42.5 Å². The number of carbonyl (C=O) groups is 3. The first-order chi connectivity index (χ1) is 20.3. The van der Waals surface area contributed by atoms with Gasteiger partial charge >= 0.3 is 6.09 Å². The van der Waals surface area contributed by atoms with Crippen LogP contribution in [0.2, 0.25) is 0 Å². The van der Waals surface area contributed by atoms with Gasteiger partial charge in [0, 0.05) is 49.7 Å². The number of likely N-dealkylation sites (N-methyl/N-ethyl adjacent to an activating group) is 2. The van der Waals surface area contributed by atoms with Gasteiger partial charge < -0.3 is 25.7 Å². The van der Waals surface area contributed by atoms with Crippen molar-refractivity contribution in [3.05, 3.63) is 70.9 Å². The number of hydrogen-bond donors (Lipinski definition) is 3. The fourth-order valence-electron chi connectivity index (χ4n) is 4.61. The Balaban J connectivity index is 1.71. The van der Waals surface area contributed by atoms with Crippen LogP contribution in [0.3, 0.4) is 0 Å². The van der Waals surface area contributed by atoms with Crippen molar-refractivity contribution in [1.29, 1.82) is 5.41 Å². The standard InChI is InChI=1S/C33H36N6O4/c1-20(38(6)32(42)43-33(2,3)4)31(41)37-28-17-23(26-10-8-9-22(19-34)30(26)35-5)16-25(36-28)13-11-21-12-14-27-24(15-21)18-29(40)39(27)7/h8-10,12,14-17,19-20,34-35H,18H2,1-7H3,(H,36,37,41). The normalized spacial score (nSPS) is 12.9. The minimum absolute atomic E-state index is 0.0360.